The first kappa shape index (κ1) is 15.6. The van der Waals surface area contributed by atoms with Gasteiger partial charge >= 0.3 is 6.18 Å². The standard InChI is InChI=1S/C11H14F3N3OS/c1-6(10(18)17-16)5-19-9-3-2-7(4-8(9)15)11(12,13)14/h2-4,6H,5,15-16H2,1H3,(H,17,18). The van der Waals surface area contributed by atoms with Crippen LogP contribution in [0.3, 0.4) is 0 Å². The lowest BCUT2D eigenvalue weighted by molar-refractivity contribution is -0.137. The first-order chi connectivity index (χ1) is 8.75. The van der Waals surface area contributed by atoms with Gasteiger partial charge in [0.1, 0.15) is 0 Å². The third kappa shape index (κ3) is 4.32. The molecule has 0 bridgehead atoms. The SMILES string of the molecule is CC(CSc1ccc(C(F)(F)F)cc1N)C(=O)NN. The van der Waals surface area contributed by atoms with Crippen LogP contribution in [0.25, 0.3) is 0 Å². The minimum Gasteiger partial charge on any atom is -0.398 e. The van der Waals surface area contributed by atoms with Gasteiger partial charge in [0.2, 0.25) is 5.91 Å². The third-order valence-corrected chi connectivity index (χ3v) is 3.77. The fraction of sp³-hybridized carbons (Fsp3) is 0.364. The van der Waals surface area contributed by atoms with Crippen LogP contribution in [-0.4, -0.2) is 11.7 Å². The van der Waals surface area contributed by atoms with Gasteiger partial charge in [-0.15, -0.1) is 11.8 Å². The van der Waals surface area contributed by atoms with E-state index in [4.69, 9.17) is 11.6 Å². The Bertz CT molecular complexity index is 465. The lowest BCUT2D eigenvalue weighted by Gasteiger charge is -2.12. The summed E-state index contributed by atoms with van der Waals surface area (Å²) in [4.78, 5) is 11.7. The molecule has 1 aromatic carbocycles. The molecule has 0 aliphatic rings. The number of amides is 1. The molecule has 0 aliphatic carbocycles. The highest BCUT2D eigenvalue weighted by molar-refractivity contribution is 7.99. The Labute approximate surface area is 112 Å². The summed E-state index contributed by atoms with van der Waals surface area (Å²) in [6.45, 7) is 1.66. The number of rotatable bonds is 4. The molecule has 1 rings (SSSR count). The normalized spacial score (nSPS) is 13.1. The minimum atomic E-state index is -4.41. The van der Waals surface area contributed by atoms with Gasteiger partial charge in [-0.05, 0) is 18.2 Å². The van der Waals surface area contributed by atoms with Crippen molar-refractivity contribution < 1.29 is 18.0 Å². The van der Waals surface area contributed by atoms with Gasteiger partial charge in [0.15, 0.2) is 0 Å². The van der Waals surface area contributed by atoms with Crippen LogP contribution >= 0.6 is 11.8 Å². The first-order valence-corrected chi connectivity index (χ1v) is 6.34. The number of hydrazine groups is 1. The van der Waals surface area contributed by atoms with Crippen molar-refractivity contribution in [2.24, 2.45) is 11.8 Å². The van der Waals surface area contributed by atoms with E-state index in [1.807, 2.05) is 5.43 Å². The number of alkyl halides is 3. The smallest absolute Gasteiger partial charge is 0.398 e. The van der Waals surface area contributed by atoms with E-state index in [2.05, 4.69) is 0 Å². The van der Waals surface area contributed by atoms with Crippen molar-refractivity contribution in [1.82, 2.24) is 5.43 Å². The molecular formula is C11H14F3N3OS. The average Bonchev–Trinajstić information content (AvgIpc) is 2.34. The Morgan fingerprint density at radius 3 is 2.58 bits per heavy atom. The Balaban J connectivity index is 2.73. The molecule has 1 unspecified atom stereocenters. The van der Waals surface area contributed by atoms with Crippen LogP contribution in [0.4, 0.5) is 18.9 Å². The zero-order chi connectivity index (χ0) is 14.6. The van der Waals surface area contributed by atoms with Crippen molar-refractivity contribution in [1.29, 1.82) is 0 Å². The highest BCUT2D eigenvalue weighted by atomic mass is 32.2. The second-order valence-corrected chi connectivity index (χ2v) is 5.03. The molecule has 8 heteroatoms. The number of halogens is 3. The maximum Gasteiger partial charge on any atom is 0.416 e. The van der Waals surface area contributed by atoms with Gasteiger partial charge in [0.05, 0.1) is 5.56 Å². The molecule has 0 spiro atoms. The lowest BCUT2D eigenvalue weighted by atomic mass is 10.2. The molecular weight excluding hydrogens is 279 g/mol. The number of carbonyl (C=O) groups is 1. The van der Waals surface area contributed by atoms with Crippen LogP contribution in [0.2, 0.25) is 0 Å². The summed E-state index contributed by atoms with van der Waals surface area (Å²) < 4.78 is 37.3. The van der Waals surface area contributed by atoms with Crippen LogP contribution in [0, 0.1) is 5.92 Å². The fourth-order valence-corrected chi connectivity index (χ4v) is 2.26. The van der Waals surface area contributed by atoms with Crippen LogP contribution in [-0.2, 0) is 11.0 Å². The zero-order valence-corrected chi connectivity index (χ0v) is 10.9. The van der Waals surface area contributed by atoms with Crippen LogP contribution in [0.5, 0.6) is 0 Å². The Kier molecular flexibility index (Phi) is 5.07. The number of benzene rings is 1. The van der Waals surface area contributed by atoms with Crippen molar-refractivity contribution in [3.63, 3.8) is 0 Å². The number of nitrogens with one attached hydrogen (secondary N) is 1. The molecule has 0 aromatic heterocycles. The van der Waals surface area contributed by atoms with Crippen LogP contribution in [0.1, 0.15) is 12.5 Å². The summed E-state index contributed by atoms with van der Waals surface area (Å²) in [5, 5.41) is 0. The number of carbonyl (C=O) groups excluding carboxylic acids is 1. The number of nitrogen functional groups attached to an aromatic ring is 1. The number of nitrogens with two attached hydrogens (primary N) is 2. The highest BCUT2D eigenvalue weighted by Gasteiger charge is 2.30. The largest absolute Gasteiger partial charge is 0.416 e. The fourth-order valence-electron chi connectivity index (χ4n) is 1.29. The third-order valence-electron chi connectivity index (χ3n) is 2.42. The van der Waals surface area contributed by atoms with Crippen molar-refractivity contribution >= 4 is 23.4 Å². The molecule has 106 valence electrons. The lowest BCUT2D eigenvalue weighted by Crippen LogP contribution is -2.35. The van der Waals surface area contributed by atoms with Crippen molar-refractivity contribution in [2.45, 2.75) is 18.0 Å². The van der Waals surface area contributed by atoms with Gasteiger partial charge in [0.25, 0.3) is 0 Å². The van der Waals surface area contributed by atoms with Gasteiger partial charge in [0, 0.05) is 22.3 Å². The molecule has 4 nitrogen and oxygen atoms in total. The van der Waals surface area contributed by atoms with Gasteiger partial charge in [-0.2, -0.15) is 13.2 Å². The monoisotopic (exact) mass is 293 g/mol. The van der Waals surface area contributed by atoms with Crippen LogP contribution in [0.15, 0.2) is 23.1 Å². The molecule has 0 saturated heterocycles. The zero-order valence-electron chi connectivity index (χ0n) is 10.1. The summed E-state index contributed by atoms with van der Waals surface area (Å²) >= 11 is 1.21. The van der Waals surface area contributed by atoms with Crippen molar-refractivity contribution in [2.75, 3.05) is 11.5 Å². The van der Waals surface area contributed by atoms with Gasteiger partial charge in [-0.1, -0.05) is 6.92 Å². The van der Waals surface area contributed by atoms with E-state index in [-0.39, 0.29) is 17.5 Å². The summed E-state index contributed by atoms with van der Waals surface area (Å²) in [7, 11) is 0. The molecule has 0 radical (unpaired) electrons. The Hall–Kier alpha value is -1.41. The van der Waals surface area contributed by atoms with Crippen molar-refractivity contribution in [3.05, 3.63) is 23.8 Å². The minimum absolute atomic E-state index is 0.0418. The average molecular weight is 293 g/mol. The van der Waals surface area contributed by atoms with E-state index in [9.17, 15) is 18.0 Å². The molecule has 0 aliphatic heterocycles. The summed E-state index contributed by atoms with van der Waals surface area (Å²) in [6, 6.07) is 3.15. The number of anilines is 1. The predicted molar refractivity (Wildman–Crippen MR) is 68.1 cm³/mol. The number of thioether (sulfide) groups is 1. The Morgan fingerprint density at radius 1 is 1.47 bits per heavy atom. The van der Waals surface area contributed by atoms with Gasteiger partial charge in [-0.3, -0.25) is 10.2 Å². The maximum absolute atomic E-state index is 12.4. The van der Waals surface area contributed by atoms with E-state index in [1.165, 1.54) is 17.8 Å². The summed E-state index contributed by atoms with van der Waals surface area (Å²) in [5.41, 5.74) is 6.83. The predicted octanol–water partition coefficient (Wildman–Crippen LogP) is 2.01. The topological polar surface area (TPSA) is 81.1 Å². The van der Waals surface area contributed by atoms with Crippen LogP contribution < -0.4 is 17.0 Å². The van der Waals surface area contributed by atoms with Gasteiger partial charge in [-0.25, -0.2) is 5.84 Å². The highest BCUT2D eigenvalue weighted by Crippen LogP contribution is 2.34. The molecule has 1 atom stereocenters. The molecule has 19 heavy (non-hydrogen) atoms. The second kappa shape index (κ2) is 6.16. The maximum atomic E-state index is 12.4. The van der Waals surface area contributed by atoms with Crippen molar-refractivity contribution in [3.8, 4) is 0 Å². The molecule has 1 amide bonds. The number of hydrogen-bond donors (Lipinski definition) is 3. The second-order valence-electron chi connectivity index (χ2n) is 3.97. The van der Waals surface area contributed by atoms with E-state index < -0.39 is 11.7 Å². The quantitative estimate of drug-likeness (QED) is 0.261. The van der Waals surface area contributed by atoms with E-state index in [0.29, 0.717) is 10.6 Å². The van der Waals surface area contributed by atoms with E-state index in [0.717, 1.165) is 12.1 Å². The van der Waals surface area contributed by atoms with E-state index in [1.54, 1.807) is 6.92 Å². The first-order valence-electron chi connectivity index (χ1n) is 5.35. The molecule has 0 fully saturated rings. The number of hydrogen-bond acceptors (Lipinski definition) is 4. The Morgan fingerprint density at radius 2 is 2.11 bits per heavy atom. The molecule has 5 N–H and O–H groups in total. The van der Waals surface area contributed by atoms with Gasteiger partial charge < -0.3 is 5.73 Å². The van der Waals surface area contributed by atoms with E-state index >= 15 is 0 Å². The molecule has 0 saturated carbocycles. The summed E-state index contributed by atoms with van der Waals surface area (Å²) in [6.07, 6.45) is -4.41. The molecule has 0 heterocycles. The summed E-state index contributed by atoms with van der Waals surface area (Å²) in [5.74, 6) is 4.66. The molecule has 1 aromatic rings.